The van der Waals surface area contributed by atoms with Gasteiger partial charge in [0, 0.05) is 0 Å². The first-order valence-electron chi connectivity index (χ1n) is 10.5. The third kappa shape index (κ3) is 14.6. The van der Waals surface area contributed by atoms with E-state index >= 15 is 0 Å². The van der Waals surface area contributed by atoms with Crippen molar-refractivity contribution < 1.29 is 42.3 Å². The molecule has 0 amide bonds. The van der Waals surface area contributed by atoms with Crippen LogP contribution in [-0.4, -0.2) is 96.7 Å². The number of benzene rings is 1. The summed E-state index contributed by atoms with van der Waals surface area (Å²) in [5.74, 6) is 0. The lowest BCUT2D eigenvalue weighted by Gasteiger charge is -2.16. The number of rotatable bonds is 18. The van der Waals surface area contributed by atoms with Gasteiger partial charge in [-0.25, -0.2) is 8.42 Å². The third-order valence-electron chi connectivity index (χ3n) is 3.73. The fourth-order valence-electron chi connectivity index (χ4n) is 2.18. The first-order valence-corrected chi connectivity index (χ1v) is 12.0. The molecular weight excluding hydrogens is 440 g/mol. The van der Waals surface area contributed by atoms with Crippen LogP contribution in [0.2, 0.25) is 0 Å². The van der Waals surface area contributed by atoms with Gasteiger partial charge < -0.3 is 33.9 Å². The number of sulfone groups is 1. The highest BCUT2D eigenvalue weighted by Gasteiger charge is 2.27. The Balaban J connectivity index is 0.00000302. The Morgan fingerprint density at radius 3 is 1.66 bits per heavy atom. The van der Waals surface area contributed by atoms with Crippen molar-refractivity contribution in [3.8, 4) is 0 Å². The fourth-order valence-corrected chi connectivity index (χ4v) is 3.48. The summed E-state index contributed by atoms with van der Waals surface area (Å²) in [5.41, 5.74) is -0.386. The van der Waals surface area contributed by atoms with Gasteiger partial charge in [0.25, 0.3) is 0 Å². The molecule has 0 saturated heterocycles. The van der Waals surface area contributed by atoms with Gasteiger partial charge in [0.1, 0.15) is 0 Å². The number of hydrogen-bond acceptors (Lipinski definition) is 9. The van der Waals surface area contributed by atoms with E-state index in [-0.39, 0.29) is 24.7 Å². The van der Waals surface area contributed by atoms with E-state index in [1.807, 2.05) is 13.8 Å². The van der Waals surface area contributed by atoms with Gasteiger partial charge in [-0.2, -0.15) is 0 Å². The first kappa shape index (κ1) is 30.6. The number of aryl methyl sites for hydroxylation is 1. The van der Waals surface area contributed by atoms with E-state index in [4.69, 9.17) is 28.8 Å². The molecule has 0 aromatic heterocycles. The molecule has 0 aliphatic heterocycles. The normalized spacial score (nSPS) is 12.1. The minimum Gasteiger partial charge on any atom is -0.394 e. The van der Waals surface area contributed by atoms with Gasteiger partial charge in [-0.3, -0.25) is 0 Å². The van der Waals surface area contributed by atoms with Crippen LogP contribution in [0.1, 0.15) is 12.5 Å². The summed E-state index contributed by atoms with van der Waals surface area (Å²) in [5, 5.41) is 17.9. The molecule has 1 aromatic carbocycles. The van der Waals surface area contributed by atoms with Gasteiger partial charge in [-0.15, -0.1) is 6.58 Å². The predicted molar refractivity (Wildman–Crippen MR) is 121 cm³/mol. The Morgan fingerprint density at radius 2 is 1.25 bits per heavy atom. The van der Waals surface area contributed by atoms with E-state index in [0.717, 1.165) is 5.56 Å². The Kier molecular flexibility index (Phi) is 19.4. The molecule has 0 aliphatic rings. The molecule has 2 N–H and O–H groups in total. The number of aliphatic hydroxyl groups excluding tert-OH is 2. The minimum absolute atomic E-state index is 0.00261. The smallest absolute Gasteiger partial charge is 0.207 e. The summed E-state index contributed by atoms with van der Waals surface area (Å²) in [7, 11) is -3.77. The highest BCUT2D eigenvalue weighted by molar-refractivity contribution is 7.92. The monoisotopic (exact) mass is 478 g/mol. The van der Waals surface area contributed by atoms with Gasteiger partial charge in [0.05, 0.1) is 77.6 Å². The Bertz CT molecular complexity index is 662. The van der Waals surface area contributed by atoms with Crippen LogP contribution < -0.4 is 0 Å². The van der Waals surface area contributed by atoms with E-state index in [9.17, 15) is 13.5 Å². The molecule has 0 saturated carbocycles. The maximum atomic E-state index is 12.5. The Morgan fingerprint density at radius 1 is 0.844 bits per heavy atom. The predicted octanol–water partition coefficient (Wildman–Crippen LogP) is 1.35. The molecule has 0 bridgehead atoms. The van der Waals surface area contributed by atoms with Crippen molar-refractivity contribution >= 4 is 9.84 Å². The second kappa shape index (κ2) is 20.3. The number of hydrogen-bond donors (Lipinski definition) is 2. The van der Waals surface area contributed by atoms with Crippen LogP contribution in [-0.2, 0) is 33.5 Å². The van der Waals surface area contributed by atoms with E-state index < -0.39 is 21.9 Å². The van der Waals surface area contributed by atoms with Crippen molar-refractivity contribution in [2.75, 3.05) is 72.7 Å². The summed E-state index contributed by atoms with van der Waals surface area (Å²) in [4.78, 5) is 0.110. The van der Waals surface area contributed by atoms with Crippen molar-refractivity contribution in [3.05, 3.63) is 42.5 Å². The quantitative estimate of drug-likeness (QED) is 0.238. The molecule has 0 heterocycles. The summed E-state index contributed by atoms with van der Waals surface area (Å²) in [6, 6.07) is 6.38. The average molecular weight is 479 g/mol. The second-order valence-corrected chi connectivity index (χ2v) is 8.51. The maximum absolute atomic E-state index is 12.5. The highest BCUT2D eigenvalue weighted by Crippen LogP contribution is 2.17. The van der Waals surface area contributed by atoms with Gasteiger partial charge >= 0.3 is 0 Å². The first-order chi connectivity index (χ1) is 15.4. The lowest BCUT2D eigenvalue weighted by atomic mass is 10.2. The van der Waals surface area contributed by atoms with Crippen LogP contribution in [0.4, 0.5) is 0 Å². The van der Waals surface area contributed by atoms with E-state index in [0.29, 0.717) is 46.2 Å². The minimum atomic E-state index is -3.77. The zero-order valence-electron chi connectivity index (χ0n) is 19.1. The molecule has 1 atom stereocenters. The molecule has 0 spiro atoms. The molecule has 1 rings (SSSR count). The second-order valence-electron chi connectivity index (χ2n) is 6.42. The van der Waals surface area contributed by atoms with Gasteiger partial charge in [-0.05, 0) is 26.0 Å². The maximum Gasteiger partial charge on any atom is 0.207 e. The van der Waals surface area contributed by atoms with E-state index in [2.05, 4.69) is 6.58 Å². The summed E-state index contributed by atoms with van der Waals surface area (Å²) >= 11 is 0. The summed E-state index contributed by atoms with van der Waals surface area (Å²) in [6.07, 6.45) is 1.75. The summed E-state index contributed by atoms with van der Waals surface area (Å²) < 4.78 is 51.2. The topological polar surface area (TPSA) is 121 Å². The summed E-state index contributed by atoms with van der Waals surface area (Å²) in [6.45, 7) is 9.41. The lowest BCUT2D eigenvalue weighted by Crippen LogP contribution is -2.30. The van der Waals surface area contributed by atoms with Crippen LogP contribution in [0.5, 0.6) is 0 Å². The molecule has 32 heavy (non-hydrogen) atoms. The highest BCUT2D eigenvalue weighted by atomic mass is 32.2. The van der Waals surface area contributed by atoms with Crippen LogP contribution in [0, 0.1) is 6.92 Å². The molecule has 1 unspecified atom stereocenters. The molecule has 0 fully saturated rings. The van der Waals surface area contributed by atoms with Crippen molar-refractivity contribution in [2.45, 2.75) is 24.2 Å². The Labute approximate surface area is 191 Å². The lowest BCUT2D eigenvalue weighted by molar-refractivity contribution is -0.0193. The fraction of sp³-hybridized carbons (Fsp3) is 0.636. The number of aliphatic hydroxyl groups is 2. The van der Waals surface area contributed by atoms with Crippen LogP contribution >= 0.6 is 0 Å². The van der Waals surface area contributed by atoms with Crippen LogP contribution in [0.3, 0.4) is 0 Å². The van der Waals surface area contributed by atoms with Crippen molar-refractivity contribution in [1.82, 2.24) is 0 Å². The Hall–Kier alpha value is -1.37. The van der Waals surface area contributed by atoms with Gasteiger partial charge in [0.2, 0.25) is 9.84 Å². The molecule has 0 radical (unpaired) electrons. The third-order valence-corrected chi connectivity index (χ3v) is 5.63. The SMILES string of the molecule is C=CC.Cc1ccc(S(=O)(=O)C(CO)OCCOCCOCCOCCOCCO)cc1. The van der Waals surface area contributed by atoms with Crippen LogP contribution in [0.25, 0.3) is 0 Å². The zero-order valence-corrected chi connectivity index (χ0v) is 19.9. The largest absolute Gasteiger partial charge is 0.394 e. The van der Waals surface area contributed by atoms with Crippen molar-refractivity contribution in [2.24, 2.45) is 0 Å². The number of allylic oxidation sites excluding steroid dienone is 1. The van der Waals surface area contributed by atoms with E-state index in [1.54, 1.807) is 18.2 Å². The molecular formula is C22H38O9S. The van der Waals surface area contributed by atoms with E-state index in [1.165, 1.54) is 12.1 Å². The van der Waals surface area contributed by atoms with Gasteiger partial charge in [0.15, 0.2) is 5.44 Å². The van der Waals surface area contributed by atoms with Crippen molar-refractivity contribution in [3.63, 3.8) is 0 Å². The molecule has 0 aliphatic carbocycles. The molecule has 9 nitrogen and oxygen atoms in total. The van der Waals surface area contributed by atoms with Crippen LogP contribution in [0.15, 0.2) is 41.8 Å². The van der Waals surface area contributed by atoms with Crippen molar-refractivity contribution in [1.29, 1.82) is 0 Å². The average Bonchev–Trinajstić information content (AvgIpc) is 2.77. The molecule has 10 heteroatoms. The zero-order chi connectivity index (χ0) is 24.1. The molecule has 1 aromatic rings. The standard InChI is InChI=1S/C19H32O9S.C3H6/c1-17-2-4-18(5-3-17)29(22,23)19(16-21)28-15-14-27-13-12-26-11-10-25-9-8-24-7-6-20;1-3-2/h2-5,19-21H,6-16H2,1H3;3H,1H2,2H3. The number of ether oxygens (including phenoxy) is 5. The van der Waals surface area contributed by atoms with Gasteiger partial charge in [-0.1, -0.05) is 23.8 Å². The molecule has 186 valence electrons.